The Morgan fingerprint density at radius 3 is 2.72 bits per heavy atom. The molecule has 1 amide bonds. The third-order valence-corrected chi connectivity index (χ3v) is 6.60. The summed E-state index contributed by atoms with van der Waals surface area (Å²) in [7, 11) is 0. The summed E-state index contributed by atoms with van der Waals surface area (Å²) in [6.07, 6.45) is 4.24. The zero-order chi connectivity index (χ0) is 20.5. The number of Topliss-reactive ketones (excluding diaryl/α,β-unsaturated/α-hetero) is 1. The van der Waals surface area contributed by atoms with Gasteiger partial charge in [-0.25, -0.2) is 9.67 Å². The highest BCUT2D eigenvalue weighted by Crippen LogP contribution is 2.33. The van der Waals surface area contributed by atoms with Crippen LogP contribution in [0.2, 0.25) is 0 Å². The highest BCUT2D eigenvalue weighted by molar-refractivity contribution is 7.16. The number of benzene rings is 1. The molecule has 0 aliphatic heterocycles. The van der Waals surface area contributed by atoms with Gasteiger partial charge in [-0.05, 0) is 51.2 Å². The minimum atomic E-state index is -0.665. The molecule has 0 spiro atoms. The van der Waals surface area contributed by atoms with Crippen molar-refractivity contribution in [2.45, 2.75) is 46.5 Å². The Bertz CT molecular complexity index is 1070. The Labute approximate surface area is 174 Å². The van der Waals surface area contributed by atoms with E-state index in [1.807, 2.05) is 30.3 Å². The van der Waals surface area contributed by atoms with Gasteiger partial charge in [-0.15, -0.1) is 11.3 Å². The predicted molar refractivity (Wildman–Crippen MR) is 114 cm³/mol. The average molecular weight is 409 g/mol. The first-order chi connectivity index (χ1) is 14.0. The number of aryl methyl sites for hydroxylation is 2. The molecule has 0 unspecified atom stereocenters. The number of aromatic nitrogens is 3. The van der Waals surface area contributed by atoms with Crippen LogP contribution in [0.5, 0.6) is 0 Å². The van der Waals surface area contributed by atoms with Gasteiger partial charge in [0.05, 0.1) is 28.3 Å². The standard InChI is InChI=1S/C22H24N4O2S/c1-4-15-10-11-17-18(12-15)29-22(23-17)24-21(28)20(27)19-13(2)25-26(14(19)3)16-8-6-5-7-9-16/h5-9,15H,4,10-12H2,1-3H3,(H,23,24,28)/t15-/m0/s1. The summed E-state index contributed by atoms with van der Waals surface area (Å²) in [5, 5.41) is 7.69. The number of carbonyl (C=O) groups is 2. The van der Waals surface area contributed by atoms with Crippen molar-refractivity contribution in [2.24, 2.45) is 5.92 Å². The molecule has 1 N–H and O–H groups in total. The Morgan fingerprint density at radius 1 is 1.24 bits per heavy atom. The van der Waals surface area contributed by atoms with E-state index < -0.39 is 11.7 Å². The van der Waals surface area contributed by atoms with Gasteiger partial charge in [0.25, 0.3) is 11.7 Å². The average Bonchev–Trinajstić information content (AvgIpc) is 3.26. The molecular weight excluding hydrogens is 384 g/mol. The van der Waals surface area contributed by atoms with Crippen LogP contribution in [0.4, 0.5) is 5.13 Å². The first kappa shape index (κ1) is 19.5. The molecule has 1 atom stereocenters. The van der Waals surface area contributed by atoms with Crippen molar-refractivity contribution in [3.63, 3.8) is 0 Å². The number of nitrogens with one attached hydrogen (secondary N) is 1. The van der Waals surface area contributed by atoms with Crippen molar-refractivity contribution >= 4 is 28.2 Å². The van der Waals surface area contributed by atoms with Gasteiger partial charge in [-0.3, -0.25) is 14.9 Å². The molecule has 0 bridgehead atoms. The van der Waals surface area contributed by atoms with E-state index in [0.717, 1.165) is 37.1 Å². The summed E-state index contributed by atoms with van der Waals surface area (Å²) in [4.78, 5) is 31.3. The molecule has 2 heterocycles. The second-order valence-electron chi connectivity index (χ2n) is 7.48. The van der Waals surface area contributed by atoms with E-state index in [4.69, 9.17) is 0 Å². The molecule has 1 aliphatic carbocycles. The fraction of sp³-hybridized carbons (Fsp3) is 0.364. The SMILES string of the molecule is CC[C@H]1CCc2nc(NC(=O)C(=O)c3c(C)nn(-c4ccccc4)c3C)sc2C1. The third-order valence-electron chi connectivity index (χ3n) is 5.56. The van der Waals surface area contributed by atoms with Gasteiger partial charge in [0.2, 0.25) is 0 Å². The van der Waals surface area contributed by atoms with Gasteiger partial charge in [-0.1, -0.05) is 31.5 Å². The number of nitrogens with zero attached hydrogens (tertiary/aromatic N) is 3. The van der Waals surface area contributed by atoms with E-state index in [9.17, 15) is 9.59 Å². The number of anilines is 1. The van der Waals surface area contributed by atoms with E-state index in [1.165, 1.54) is 16.2 Å². The highest BCUT2D eigenvalue weighted by Gasteiger charge is 2.27. The Hall–Kier alpha value is -2.80. The minimum Gasteiger partial charge on any atom is -0.295 e. The Kier molecular flexibility index (Phi) is 5.32. The lowest BCUT2D eigenvalue weighted by molar-refractivity contribution is -0.112. The van der Waals surface area contributed by atoms with Crippen molar-refractivity contribution in [3.8, 4) is 5.69 Å². The van der Waals surface area contributed by atoms with E-state index in [2.05, 4.69) is 22.3 Å². The fourth-order valence-corrected chi connectivity index (χ4v) is 5.02. The lowest BCUT2D eigenvalue weighted by Gasteiger charge is -2.18. The van der Waals surface area contributed by atoms with Crippen LogP contribution >= 0.6 is 11.3 Å². The van der Waals surface area contributed by atoms with Crippen molar-refractivity contribution in [1.82, 2.24) is 14.8 Å². The lowest BCUT2D eigenvalue weighted by Crippen LogP contribution is -2.24. The Balaban J connectivity index is 1.54. The molecule has 2 aromatic heterocycles. The predicted octanol–water partition coefficient (Wildman–Crippen LogP) is 4.28. The summed E-state index contributed by atoms with van der Waals surface area (Å²) < 4.78 is 1.70. The smallest absolute Gasteiger partial charge is 0.295 e. The molecular formula is C22H24N4O2S. The largest absolute Gasteiger partial charge is 0.298 e. The minimum absolute atomic E-state index is 0.346. The summed E-state index contributed by atoms with van der Waals surface area (Å²) in [5.41, 5.74) is 3.45. The van der Waals surface area contributed by atoms with Crippen LogP contribution in [0, 0.1) is 19.8 Å². The molecule has 4 rings (SSSR count). The number of thiazole rings is 1. The first-order valence-corrected chi connectivity index (χ1v) is 10.8. The van der Waals surface area contributed by atoms with Crippen LogP contribution in [0.1, 0.15) is 52.1 Å². The number of ketones is 1. The quantitative estimate of drug-likeness (QED) is 0.505. The molecule has 150 valence electrons. The van der Waals surface area contributed by atoms with E-state index in [-0.39, 0.29) is 0 Å². The van der Waals surface area contributed by atoms with Gasteiger partial charge in [0, 0.05) is 4.88 Å². The van der Waals surface area contributed by atoms with Crippen molar-refractivity contribution in [1.29, 1.82) is 0 Å². The molecule has 1 aliphatic rings. The zero-order valence-electron chi connectivity index (χ0n) is 16.9. The van der Waals surface area contributed by atoms with Crippen molar-refractivity contribution in [2.75, 3.05) is 5.32 Å². The number of carbonyl (C=O) groups excluding carboxylic acids is 2. The number of hydrogen-bond acceptors (Lipinski definition) is 5. The number of rotatable bonds is 5. The van der Waals surface area contributed by atoms with Crippen LogP contribution in [-0.2, 0) is 17.6 Å². The van der Waals surface area contributed by atoms with E-state index in [1.54, 1.807) is 18.5 Å². The van der Waals surface area contributed by atoms with Gasteiger partial charge in [-0.2, -0.15) is 5.10 Å². The van der Waals surface area contributed by atoms with Crippen LogP contribution in [0.25, 0.3) is 5.69 Å². The van der Waals surface area contributed by atoms with Crippen LogP contribution in [0.3, 0.4) is 0 Å². The molecule has 3 aromatic rings. The molecule has 7 heteroatoms. The van der Waals surface area contributed by atoms with E-state index in [0.29, 0.717) is 28.0 Å². The van der Waals surface area contributed by atoms with Crippen LogP contribution < -0.4 is 5.32 Å². The highest BCUT2D eigenvalue weighted by atomic mass is 32.1. The molecule has 0 saturated heterocycles. The molecule has 0 saturated carbocycles. The maximum atomic E-state index is 12.9. The number of amides is 1. The summed E-state index contributed by atoms with van der Waals surface area (Å²) >= 11 is 1.49. The van der Waals surface area contributed by atoms with Crippen LogP contribution in [-0.4, -0.2) is 26.5 Å². The van der Waals surface area contributed by atoms with Gasteiger partial charge >= 0.3 is 0 Å². The summed E-state index contributed by atoms with van der Waals surface area (Å²) in [6, 6.07) is 9.57. The van der Waals surface area contributed by atoms with E-state index >= 15 is 0 Å². The fourth-order valence-electron chi connectivity index (χ4n) is 3.90. The van der Waals surface area contributed by atoms with Gasteiger partial charge in [0.1, 0.15) is 0 Å². The summed E-state index contributed by atoms with van der Waals surface area (Å²) in [5.74, 6) is -0.564. The maximum absolute atomic E-state index is 12.9. The first-order valence-electron chi connectivity index (χ1n) is 9.93. The number of hydrogen-bond donors (Lipinski definition) is 1. The van der Waals surface area contributed by atoms with Crippen LogP contribution in [0.15, 0.2) is 30.3 Å². The van der Waals surface area contributed by atoms with Crippen molar-refractivity contribution in [3.05, 3.63) is 57.9 Å². The molecule has 0 fully saturated rings. The summed E-state index contributed by atoms with van der Waals surface area (Å²) in [6.45, 7) is 5.76. The number of fused-ring (bicyclic) bond motifs is 1. The van der Waals surface area contributed by atoms with Gasteiger partial charge in [0.15, 0.2) is 5.13 Å². The molecule has 1 aromatic carbocycles. The second-order valence-corrected chi connectivity index (χ2v) is 8.57. The lowest BCUT2D eigenvalue weighted by atomic mass is 9.89. The maximum Gasteiger partial charge on any atom is 0.298 e. The molecule has 29 heavy (non-hydrogen) atoms. The third kappa shape index (κ3) is 3.74. The van der Waals surface area contributed by atoms with Crippen molar-refractivity contribution < 1.29 is 9.59 Å². The monoisotopic (exact) mass is 408 g/mol. The normalized spacial score (nSPS) is 15.8. The zero-order valence-corrected chi connectivity index (χ0v) is 17.7. The number of para-hydroxylation sites is 1. The Morgan fingerprint density at radius 2 is 2.00 bits per heavy atom. The molecule has 0 radical (unpaired) electrons. The molecule has 6 nitrogen and oxygen atoms in total. The van der Waals surface area contributed by atoms with Gasteiger partial charge < -0.3 is 0 Å². The second kappa shape index (κ2) is 7.91. The topological polar surface area (TPSA) is 76.9 Å².